The molecule has 0 saturated heterocycles. The Morgan fingerprint density at radius 2 is 1.69 bits per heavy atom. The van der Waals surface area contributed by atoms with Crippen molar-refractivity contribution in [2.45, 2.75) is 38.2 Å². The van der Waals surface area contributed by atoms with Crippen LogP contribution in [0.15, 0.2) is 35.2 Å². The van der Waals surface area contributed by atoms with Crippen LogP contribution in [0.5, 0.6) is 5.75 Å². The summed E-state index contributed by atoms with van der Waals surface area (Å²) in [6.45, 7) is 4.72. The third-order valence-electron chi connectivity index (χ3n) is 4.26. The predicted octanol–water partition coefficient (Wildman–Crippen LogP) is 2.52. The highest BCUT2D eigenvalue weighted by Gasteiger charge is 2.19. The number of hydrazine groups is 1. The number of carbonyl (C=O) groups is 2. The molecule has 174 valence electrons. The first-order valence-electron chi connectivity index (χ1n) is 9.37. The Kier molecular flexibility index (Phi) is 8.53. The van der Waals surface area contributed by atoms with Crippen LogP contribution in [0.2, 0.25) is 5.02 Å². The molecule has 0 aliphatic heterocycles. The lowest BCUT2D eigenvalue weighted by Gasteiger charge is -2.18. The Hall–Kier alpha value is -2.76. The molecule has 0 aromatic heterocycles. The summed E-state index contributed by atoms with van der Waals surface area (Å²) in [6, 6.07) is 5.49. The number of halogens is 3. The smallest absolute Gasteiger partial charge is 0.279 e. The lowest BCUT2D eigenvalue weighted by atomic mass is 10.1. The summed E-state index contributed by atoms with van der Waals surface area (Å²) in [5.41, 5.74) is 5.82. The summed E-state index contributed by atoms with van der Waals surface area (Å²) in [4.78, 5) is 23.6. The van der Waals surface area contributed by atoms with E-state index in [0.717, 1.165) is 17.2 Å². The minimum Gasteiger partial charge on any atom is -0.480 e. The molecule has 0 radical (unpaired) electrons. The van der Waals surface area contributed by atoms with Crippen molar-refractivity contribution in [1.82, 2.24) is 15.6 Å². The Morgan fingerprint density at radius 1 is 1.06 bits per heavy atom. The number of ether oxygens (including phenoxy) is 1. The molecule has 32 heavy (non-hydrogen) atoms. The molecule has 2 aromatic carbocycles. The zero-order chi connectivity index (χ0) is 24.1. The van der Waals surface area contributed by atoms with Gasteiger partial charge < -0.3 is 4.74 Å². The van der Waals surface area contributed by atoms with Gasteiger partial charge in [-0.15, -0.1) is 0 Å². The van der Waals surface area contributed by atoms with Crippen LogP contribution in [0.1, 0.15) is 24.5 Å². The van der Waals surface area contributed by atoms with Crippen molar-refractivity contribution in [3.63, 3.8) is 0 Å². The van der Waals surface area contributed by atoms with Crippen LogP contribution < -0.4 is 20.3 Å². The summed E-state index contributed by atoms with van der Waals surface area (Å²) in [7, 11) is -4.14. The van der Waals surface area contributed by atoms with Gasteiger partial charge in [-0.05, 0) is 62.2 Å². The van der Waals surface area contributed by atoms with Gasteiger partial charge in [0.05, 0.1) is 4.90 Å². The van der Waals surface area contributed by atoms with Gasteiger partial charge in [-0.1, -0.05) is 11.6 Å². The zero-order valence-corrected chi connectivity index (χ0v) is 19.0. The highest BCUT2D eigenvalue weighted by atomic mass is 35.5. The van der Waals surface area contributed by atoms with Crippen molar-refractivity contribution in [2.75, 3.05) is 6.54 Å². The number of hydrogen-bond donors (Lipinski definition) is 3. The fourth-order valence-electron chi connectivity index (χ4n) is 2.64. The van der Waals surface area contributed by atoms with Crippen LogP contribution in [0.3, 0.4) is 0 Å². The van der Waals surface area contributed by atoms with Gasteiger partial charge in [0.2, 0.25) is 15.9 Å². The molecule has 0 aliphatic rings. The van der Waals surface area contributed by atoms with Crippen LogP contribution in [-0.4, -0.2) is 32.9 Å². The van der Waals surface area contributed by atoms with E-state index >= 15 is 0 Å². The number of nitrogens with one attached hydrogen (secondary N) is 3. The third-order valence-corrected chi connectivity index (χ3v) is 5.94. The molecule has 12 heteroatoms. The number of aryl methyl sites for hydroxylation is 2. The average Bonchev–Trinajstić information content (AvgIpc) is 2.70. The van der Waals surface area contributed by atoms with Crippen molar-refractivity contribution in [3.8, 4) is 5.75 Å². The SMILES string of the molecule is Cc1cc(Cl)cc(C)c1OC(C)C(=O)NNC(=O)CCNS(=O)(=O)c1ccc(F)c(F)c1. The molecule has 0 aliphatic carbocycles. The summed E-state index contributed by atoms with van der Waals surface area (Å²) in [5.74, 6) is -3.31. The van der Waals surface area contributed by atoms with E-state index in [2.05, 4.69) is 15.6 Å². The fourth-order valence-corrected chi connectivity index (χ4v) is 4.01. The van der Waals surface area contributed by atoms with Gasteiger partial charge in [0, 0.05) is 18.0 Å². The maximum absolute atomic E-state index is 13.2. The Labute approximate surface area is 189 Å². The fraction of sp³-hybridized carbons (Fsp3) is 0.300. The topological polar surface area (TPSA) is 114 Å². The van der Waals surface area contributed by atoms with Gasteiger partial charge >= 0.3 is 0 Å². The first-order chi connectivity index (χ1) is 14.9. The number of sulfonamides is 1. The van der Waals surface area contributed by atoms with Gasteiger partial charge in [0.1, 0.15) is 5.75 Å². The van der Waals surface area contributed by atoms with E-state index in [9.17, 15) is 26.8 Å². The van der Waals surface area contributed by atoms with Crippen molar-refractivity contribution >= 4 is 33.4 Å². The summed E-state index contributed by atoms with van der Waals surface area (Å²) in [6.07, 6.45) is -1.27. The molecule has 0 fully saturated rings. The molecular weight excluding hydrogens is 468 g/mol. The molecule has 0 bridgehead atoms. The number of benzene rings is 2. The molecule has 0 spiro atoms. The minimum absolute atomic E-state index is 0.326. The maximum atomic E-state index is 13.2. The van der Waals surface area contributed by atoms with E-state index in [-0.39, 0.29) is 13.0 Å². The first kappa shape index (κ1) is 25.5. The van der Waals surface area contributed by atoms with Crippen LogP contribution >= 0.6 is 11.6 Å². The zero-order valence-electron chi connectivity index (χ0n) is 17.5. The number of amides is 2. The van der Waals surface area contributed by atoms with Crippen molar-refractivity contribution in [2.24, 2.45) is 0 Å². The highest BCUT2D eigenvalue weighted by Crippen LogP contribution is 2.27. The lowest BCUT2D eigenvalue weighted by Crippen LogP contribution is -2.47. The molecule has 1 atom stereocenters. The molecule has 2 rings (SSSR count). The molecule has 1 unspecified atom stereocenters. The van der Waals surface area contributed by atoms with E-state index in [1.54, 1.807) is 26.0 Å². The van der Waals surface area contributed by atoms with Gasteiger partial charge in [-0.3, -0.25) is 20.4 Å². The summed E-state index contributed by atoms with van der Waals surface area (Å²) >= 11 is 5.97. The second-order valence-electron chi connectivity index (χ2n) is 6.89. The summed E-state index contributed by atoms with van der Waals surface area (Å²) < 4.78 is 58.0. The van der Waals surface area contributed by atoms with Crippen LogP contribution in [0, 0.1) is 25.5 Å². The quantitative estimate of drug-likeness (QED) is 0.493. The van der Waals surface area contributed by atoms with Crippen molar-refractivity contribution < 1.29 is 31.5 Å². The number of carbonyl (C=O) groups excluding carboxylic acids is 2. The standard InChI is InChI=1S/C20H22ClF2N3O5S/c1-11-8-14(21)9-12(2)19(11)31-13(3)20(28)26-25-18(27)6-7-24-32(29,30)15-4-5-16(22)17(23)10-15/h4-5,8-10,13,24H,6-7H2,1-3H3,(H,25,27)(H,26,28). The molecule has 2 aromatic rings. The Balaban J connectivity index is 1.81. The van der Waals surface area contributed by atoms with Crippen LogP contribution in [0.4, 0.5) is 8.78 Å². The Morgan fingerprint density at radius 3 is 2.28 bits per heavy atom. The summed E-state index contributed by atoms with van der Waals surface area (Å²) in [5, 5.41) is 0.539. The molecule has 3 N–H and O–H groups in total. The van der Waals surface area contributed by atoms with Crippen LogP contribution in [-0.2, 0) is 19.6 Å². The molecule has 0 heterocycles. The Bertz CT molecular complexity index is 1110. The van der Waals surface area contributed by atoms with Gasteiger partial charge in [-0.2, -0.15) is 0 Å². The second kappa shape index (κ2) is 10.7. The maximum Gasteiger partial charge on any atom is 0.279 e. The normalized spacial score (nSPS) is 12.2. The first-order valence-corrected chi connectivity index (χ1v) is 11.2. The van der Waals surface area contributed by atoms with Gasteiger partial charge in [-0.25, -0.2) is 21.9 Å². The molecular formula is C20H22ClF2N3O5S. The van der Waals surface area contributed by atoms with E-state index in [4.69, 9.17) is 16.3 Å². The van der Waals surface area contributed by atoms with E-state index in [1.807, 2.05) is 0 Å². The third kappa shape index (κ3) is 6.87. The molecule has 2 amide bonds. The largest absolute Gasteiger partial charge is 0.480 e. The van der Waals surface area contributed by atoms with Crippen LogP contribution in [0.25, 0.3) is 0 Å². The average molecular weight is 490 g/mol. The molecule has 8 nitrogen and oxygen atoms in total. The number of rotatable bonds is 8. The van der Waals surface area contributed by atoms with E-state index in [0.29, 0.717) is 22.9 Å². The highest BCUT2D eigenvalue weighted by molar-refractivity contribution is 7.89. The van der Waals surface area contributed by atoms with Crippen molar-refractivity contribution in [1.29, 1.82) is 0 Å². The second-order valence-corrected chi connectivity index (χ2v) is 9.09. The van der Waals surface area contributed by atoms with E-state index in [1.165, 1.54) is 6.92 Å². The predicted molar refractivity (Wildman–Crippen MR) is 113 cm³/mol. The number of hydrogen-bond acceptors (Lipinski definition) is 5. The van der Waals surface area contributed by atoms with Crippen molar-refractivity contribution in [3.05, 3.63) is 58.1 Å². The lowest BCUT2D eigenvalue weighted by molar-refractivity contribution is -0.132. The monoisotopic (exact) mass is 489 g/mol. The van der Waals surface area contributed by atoms with E-state index < -0.39 is 44.5 Å². The molecule has 0 saturated carbocycles. The minimum atomic E-state index is -4.14. The van der Waals surface area contributed by atoms with Gasteiger partial charge in [0.25, 0.3) is 5.91 Å². The van der Waals surface area contributed by atoms with Gasteiger partial charge in [0.15, 0.2) is 17.7 Å².